The minimum atomic E-state index is 0.591. The number of methoxy groups -OCH3 is 2. The van der Waals surface area contributed by atoms with Crippen molar-refractivity contribution in [2.75, 3.05) is 19.5 Å². The third-order valence-corrected chi connectivity index (χ3v) is 3.81. The second-order valence-corrected chi connectivity index (χ2v) is 6.24. The summed E-state index contributed by atoms with van der Waals surface area (Å²) >= 11 is 1.60. The Morgan fingerprint density at radius 1 is 1.10 bits per heavy atom. The summed E-state index contributed by atoms with van der Waals surface area (Å²) in [6.07, 6.45) is 0.965. The van der Waals surface area contributed by atoms with Crippen LogP contribution in [0, 0.1) is 5.92 Å². The Morgan fingerprint density at radius 3 is 2.33 bits per heavy atom. The van der Waals surface area contributed by atoms with Crippen LogP contribution in [-0.2, 0) is 13.0 Å². The summed E-state index contributed by atoms with van der Waals surface area (Å²) in [5.74, 6) is 2.15. The molecular weight excluding hydrogens is 286 g/mol. The molecule has 0 fully saturated rings. The third kappa shape index (κ3) is 4.60. The molecule has 0 aliphatic carbocycles. The fourth-order valence-electron chi connectivity index (χ4n) is 1.90. The summed E-state index contributed by atoms with van der Waals surface area (Å²) in [4.78, 5) is 0. The van der Waals surface area contributed by atoms with E-state index in [9.17, 15) is 0 Å². The van der Waals surface area contributed by atoms with Crippen LogP contribution >= 0.6 is 11.3 Å². The van der Waals surface area contributed by atoms with E-state index in [0.717, 1.165) is 33.6 Å². The van der Waals surface area contributed by atoms with Crippen LogP contribution in [0.2, 0.25) is 0 Å². The Kier molecular flexibility index (Phi) is 5.38. The van der Waals surface area contributed by atoms with Crippen molar-refractivity contribution in [2.24, 2.45) is 5.92 Å². The van der Waals surface area contributed by atoms with Gasteiger partial charge in [0.05, 0.1) is 14.2 Å². The molecule has 0 amide bonds. The Morgan fingerprint density at radius 2 is 1.76 bits per heavy atom. The van der Waals surface area contributed by atoms with Gasteiger partial charge in [0.15, 0.2) is 0 Å². The molecule has 0 radical (unpaired) electrons. The predicted molar refractivity (Wildman–Crippen MR) is 85.3 cm³/mol. The first-order chi connectivity index (χ1) is 10.1. The predicted octanol–water partition coefficient (Wildman–Crippen LogP) is 3.37. The van der Waals surface area contributed by atoms with Gasteiger partial charge in [-0.15, -0.1) is 10.2 Å². The average Bonchev–Trinajstić information content (AvgIpc) is 2.91. The van der Waals surface area contributed by atoms with Crippen LogP contribution in [0.1, 0.15) is 24.4 Å². The van der Waals surface area contributed by atoms with Gasteiger partial charge in [0.25, 0.3) is 0 Å². The summed E-state index contributed by atoms with van der Waals surface area (Å²) in [5.41, 5.74) is 1.08. The normalized spacial score (nSPS) is 10.7. The highest BCUT2D eigenvalue weighted by Gasteiger charge is 2.07. The molecule has 0 aliphatic heterocycles. The largest absolute Gasteiger partial charge is 0.497 e. The molecule has 0 atom stereocenters. The highest BCUT2D eigenvalue weighted by atomic mass is 32.1. The molecule has 2 rings (SSSR count). The van der Waals surface area contributed by atoms with Gasteiger partial charge < -0.3 is 14.8 Å². The SMILES string of the molecule is COc1cc(CNc2nnc(CC(C)C)s2)cc(OC)c1. The molecule has 0 aliphatic rings. The van der Waals surface area contributed by atoms with E-state index in [1.807, 2.05) is 18.2 Å². The molecule has 21 heavy (non-hydrogen) atoms. The van der Waals surface area contributed by atoms with Crippen molar-refractivity contribution in [3.63, 3.8) is 0 Å². The van der Waals surface area contributed by atoms with E-state index < -0.39 is 0 Å². The maximum Gasteiger partial charge on any atom is 0.205 e. The quantitative estimate of drug-likeness (QED) is 0.850. The Bertz CT molecular complexity index is 562. The zero-order chi connectivity index (χ0) is 15.2. The number of hydrogen-bond acceptors (Lipinski definition) is 6. The number of ether oxygens (including phenoxy) is 2. The number of anilines is 1. The Balaban J connectivity index is 2.00. The summed E-state index contributed by atoms with van der Waals surface area (Å²) in [6.45, 7) is 5.01. The van der Waals surface area contributed by atoms with E-state index in [1.54, 1.807) is 25.6 Å². The molecule has 0 bridgehead atoms. The fraction of sp³-hybridized carbons (Fsp3) is 0.467. The summed E-state index contributed by atoms with van der Waals surface area (Å²) in [6, 6.07) is 5.81. The number of nitrogens with one attached hydrogen (secondary N) is 1. The molecular formula is C15H21N3O2S. The molecule has 5 nitrogen and oxygen atoms in total. The Hall–Kier alpha value is -1.82. The standard InChI is InChI=1S/C15H21N3O2S/c1-10(2)5-14-17-18-15(21-14)16-9-11-6-12(19-3)8-13(7-11)20-4/h6-8,10H,5,9H2,1-4H3,(H,16,18). The van der Waals surface area contributed by atoms with Crippen LogP contribution in [0.25, 0.3) is 0 Å². The van der Waals surface area contributed by atoms with Gasteiger partial charge in [-0.25, -0.2) is 0 Å². The van der Waals surface area contributed by atoms with E-state index in [1.165, 1.54) is 0 Å². The van der Waals surface area contributed by atoms with Crippen LogP contribution in [0.3, 0.4) is 0 Å². The highest BCUT2D eigenvalue weighted by Crippen LogP contribution is 2.24. The molecule has 6 heteroatoms. The highest BCUT2D eigenvalue weighted by molar-refractivity contribution is 7.15. The molecule has 1 aromatic heterocycles. The van der Waals surface area contributed by atoms with E-state index >= 15 is 0 Å². The van der Waals surface area contributed by atoms with Crippen molar-refractivity contribution in [1.82, 2.24) is 10.2 Å². The monoisotopic (exact) mass is 307 g/mol. The molecule has 0 spiro atoms. The molecule has 0 saturated heterocycles. The minimum Gasteiger partial charge on any atom is -0.497 e. The van der Waals surface area contributed by atoms with Crippen LogP contribution in [0.5, 0.6) is 11.5 Å². The van der Waals surface area contributed by atoms with Crippen molar-refractivity contribution >= 4 is 16.5 Å². The van der Waals surface area contributed by atoms with Gasteiger partial charge in [0, 0.05) is 19.0 Å². The first kappa shape index (κ1) is 15.6. The minimum absolute atomic E-state index is 0.591. The molecule has 0 unspecified atom stereocenters. The fourth-order valence-corrected chi connectivity index (χ4v) is 2.85. The van der Waals surface area contributed by atoms with E-state index in [0.29, 0.717) is 12.5 Å². The van der Waals surface area contributed by atoms with Crippen molar-refractivity contribution in [3.05, 3.63) is 28.8 Å². The van der Waals surface area contributed by atoms with Gasteiger partial charge in [0.2, 0.25) is 5.13 Å². The number of hydrogen-bond donors (Lipinski definition) is 1. The zero-order valence-electron chi connectivity index (χ0n) is 12.8. The lowest BCUT2D eigenvalue weighted by Gasteiger charge is -2.08. The molecule has 114 valence electrons. The number of aromatic nitrogens is 2. The lowest BCUT2D eigenvalue weighted by molar-refractivity contribution is 0.393. The first-order valence-electron chi connectivity index (χ1n) is 6.89. The van der Waals surface area contributed by atoms with Crippen molar-refractivity contribution in [3.8, 4) is 11.5 Å². The van der Waals surface area contributed by atoms with Crippen molar-refractivity contribution in [1.29, 1.82) is 0 Å². The molecule has 1 aromatic carbocycles. The van der Waals surface area contributed by atoms with Crippen molar-refractivity contribution in [2.45, 2.75) is 26.8 Å². The first-order valence-corrected chi connectivity index (χ1v) is 7.70. The van der Waals surface area contributed by atoms with E-state index in [4.69, 9.17) is 9.47 Å². The van der Waals surface area contributed by atoms with Crippen LogP contribution in [0.4, 0.5) is 5.13 Å². The zero-order valence-corrected chi connectivity index (χ0v) is 13.7. The van der Waals surface area contributed by atoms with E-state index in [-0.39, 0.29) is 0 Å². The number of benzene rings is 1. The second kappa shape index (κ2) is 7.26. The van der Waals surface area contributed by atoms with Gasteiger partial charge in [0.1, 0.15) is 16.5 Å². The van der Waals surface area contributed by atoms with E-state index in [2.05, 4.69) is 29.4 Å². The Labute approximate surface area is 129 Å². The maximum atomic E-state index is 5.26. The lowest BCUT2D eigenvalue weighted by Crippen LogP contribution is -2.00. The topological polar surface area (TPSA) is 56.3 Å². The third-order valence-electron chi connectivity index (χ3n) is 2.90. The van der Waals surface area contributed by atoms with Gasteiger partial charge in [-0.3, -0.25) is 0 Å². The summed E-state index contributed by atoms with van der Waals surface area (Å²) in [7, 11) is 3.30. The average molecular weight is 307 g/mol. The number of rotatable bonds is 7. The van der Waals surface area contributed by atoms with Crippen molar-refractivity contribution < 1.29 is 9.47 Å². The van der Waals surface area contributed by atoms with Gasteiger partial charge in [-0.2, -0.15) is 0 Å². The number of nitrogens with zero attached hydrogens (tertiary/aromatic N) is 2. The summed E-state index contributed by atoms with van der Waals surface area (Å²) < 4.78 is 10.5. The smallest absolute Gasteiger partial charge is 0.205 e. The molecule has 1 N–H and O–H groups in total. The molecule has 2 aromatic rings. The van der Waals surface area contributed by atoms with Crippen LogP contribution < -0.4 is 14.8 Å². The second-order valence-electron chi connectivity index (χ2n) is 5.17. The van der Waals surface area contributed by atoms with Gasteiger partial charge >= 0.3 is 0 Å². The molecule has 1 heterocycles. The van der Waals surface area contributed by atoms with Gasteiger partial charge in [-0.05, 0) is 23.6 Å². The van der Waals surface area contributed by atoms with Crippen LogP contribution in [0.15, 0.2) is 18.2 Å². The summed E-state index contributed by atoms with van der Waals surface area (Å²) in [5, 5.41) is 13.6. The lowest BCUT2D eigenvalue weighted by atomic mass is 10.1. The maximum absolute atomic E-state index is 5.26. The van der Waals surface area contributed by atoms with Crippen LogP contribution in [-0.4, -0.2) is 24.4 Å². The molecule has 0 saturated carbocycles. The van der Waals surface area contributed by atoms with Gasteiger partial charge in [-0.1, -0.05) is 25.2 Å².